The fourth-order valence-electron chi connectivity index (χ4n) is 5.71. The Hall–Kier alpha value is -3.25. The van der Waals surface area contributed by atoms with Crippen LogP contribution in [0.25, 0.3) is 32.9 Å². The quantitative estimate of drug-likeness (QED) is 0.281. The summed E-state index contributed by atoms with van der Waals surface area (Å²) in [6.45, 7) is 9.59. The van der Waals surface area contributed by atoms with Crippen LogP contribution < -0.4 is 0 Å². The number of likely N-dealkylation sites (tertiary alicyclic amines) is 1. The van der Waals surface area contributed by atoms with Gasteiger partial charge in [0.25, 0.3) is 0 Å². The number of carboxylic acids is 1. The van der Waals surface area contributed by atoms with Crippen LogP contribution in [0.15, 0.2) is 60.0 Å². The summed E-state index contributed by atoms with van der Waals surface area (Å²) >= 11 is 1.76. The summed E-state index contributed by atoms with van der Waals surface area (Å²) in [4.78, 5) is 26.1. The molecule has 42 heavy (non-hydrogen) atoms. The molecule has 4 aromatic rings. The van der Waals surface area contributed by atoms with Gasteiger partial charge in [-0.1, -0.05) is 30.3 Å². The van der Waals surface area contributed by atoms with Crippen LogP contribution in [0.1, 0.15) is 18.4 Å². The number of H-pyrrole nitrogens is 1. The number of aliphatic carboxylic acids is 1. The molecule has 0 spiro atoms. The first-order valence-corrected chi connectivity index (χ1v) is 15.1. The number of piperidine rings is 1. The molecule has 2 aliphatic rings. The van der Waals surface area contributed by atoms with E-state index in [0.717, 1.165) is 29.3 Å². The summed E-state index contributed by atoms with van der Waals surface area (Å²) < 4.78 is 31.7. The summed E-state index contributed by atoms with van der Waals surface area (Å²) in [6, 6.07) is 19.6. The molecule has 6 rings (SSSR count). The van der Waals surface area contributed by atoms with Crippen LogP contribution in [0.2, 0.25) is 0 Å². The van der Waals surface area contributed by atoms with E-state index in [0.29, 0.717) is 0 Å². The summed E-state index contributed by atoms with van der Waals surface area (Å²) in [5.74, 6) is -0.948. The minimum Gasteiger partial charge on any atom is -0.475 e. The molecular formula is C31H36F3N5O2S. The summed E-state index contributed by atoms with van der Waals surface area (Å²) in [6.07, 6.45) is -2.32. The van der Waals surface area contributed by atoms with E-state index in [1.54, 1.807) is 11.3 Å². The minimum atomic E-state index is -5.08. The number of fused-ring (bicyclic) bond motifs is 1. The zero-order valence-electron chi connectivity index (χ0n) is 23.6. The van der Waals surface area contributed by atoms with E-state index in [4.69, 9.17) is 14.9 Å². The number of thiophene rings is 1. The third kappa shape index (κ3) is 7.97. The highest BCUT2D eigenvalue weighted by Crippen LogP contribution is 2.32. The molecule has 1 atom stereocenters. The minimum absolute atomic E-state index is 0.854. The van der Waals surface area contributed by atoms with Gasteiger partial charge in [0.1, 0.15) is 5.82 Å². The van der Waals surface area contributed by atoms with Crippen molar-refractivity contribution in [2.45, 2.75) is 25.6 Å². The van der Waals surface area contributed by atoms with Gasteiger partial charge in [0.2, 0.25) is 0 Å². The van der Waals surface area contributed by atoms with Crippen LogP contribution in [0, 0.1) is 5.92 Å². The normalized spacial score (nSPS) is 19.0. The Morgan fingerprint density at radius 3 is 2.48 bits per heavy atom. The second-order valence-corrected chi connectivity index (χ2v) is 12.1. The van der Waals surface area contributed by atoms with Crippen molar-refractivity contribution in [3.63, 3.8) is 0 Å². The zero-order valence-corrected chi connectivity index (χ0v) is 24.4. The van der Waals surface area contributed by atoms with E-state index < -0.39 is 12.1 Å². The van der Waals surface area contributed by atoms with Crippen molar-refractivity contribution < 1.29 is 23.1 Å². The Morgan fingerprint density at radius 1 is 1.02 bits per heavy atom. The molecule has 224 valence electrons. The monoisotopic (exact) mass is 599 g/mol. The highest BCUT2D eigenvalue weighted by atomic mass is 32.1. The van der Waals surface area contributed by atoms with Crippen LogP contribution in [-0.2, 0) is 11.3 Å². The van der Waals surface area contributed by atoms with E-state index in [-0.39, 0.29) is 0 Å². The Labute approximate surface area is 247 Å². The first kappa shape index (κ1) is 30.2. The van der Waals surface area contributed by atoms with E-state index >= 15 is 0 Å². The van der Waals surface area contributed by atoms with Gasteiger partial charge in [-0.2, -0.15) is 13.2 Å². The lowest BCUT2D eigenvalue weighted by molar-refractivity contribution is -0.192. The number of imidazole rings is 1. The molecule has 0 saturated carbocycles. The van der Waals surface area contributed by atoms with Crippen molar-refractivity contribution in [3.8, 4) is 21.8 Å². The van der Waals surface area contributed by atoms with Crippen molar-refractivity contribution in [2.24, 2.45) is 5.92 Å². The number of hydrogen-bond donors (Lipinski definition) is 2. The van der Waals surface area contributed by atoms with Gasteiger partial charge in [-0.05, 0) is 78.7 Å². The number of carboxylic acid groups (broad SMARTS) is 1. The number of halogens is 3. The third-order valence-corrected chi connectivity index (χ3v) is 8.77. The summed E-state index contributed by atoms with van der Waals surface area (Å²) in [7, 11) is 2.27. The van der Waals surface area contributed by atoms with Crippen LogP contribution in [0.5, 0.6) is 0 Å². The number of piperazine rings is 1. The number of carbonyl (C=O) groups is 1. The largest absolute Gasteiger partial charge is 0.490 e. The summed E-state index contributed by atoms with van der Waals surface area (Å²) in [5, 5.41) is 9.38. The number of alkyl halides is 3. The van der Waals surface area contributed by atoms with Crippen LogP contribution in [0.3, 0.4) is 0 Å². The molecule has 0 amide bonds. The third-order valence-electron chi connectivity index (χ3n) is 7.83. The second-order valence-electron chi connectivity index (χ2n) is 11.2. The fraction of sp³-hybridized carbons (Fsp3) is 0.419. The van der Waals surface area contributed by atoms with Gasteiger partial charge in [0.15, 0.2) is 0 Å². The molecule has 2 fully saturated rings. The van der Waals surface area contributed by atoms with Gasteiger partial charge in [-0.25, -0.2) is 9.78 Å². The lowest BCUT2D eigenvalue weighted by atomic mass is 9.97. The molecule has 1 unspecified atom stereocenters. The molecule has 2 aromatic carbocycles. The SMILES string of the molecule is CN1CCCC(CN2CCN(Cc3cccc(-c4csc(-c5nc6ccccc6[nH]5)c4)c3)CC2)C1.O=C(O)C(F)(F)F. The van der Waals surface area contributed by atoms with E-state index in [1.165, 1.54) is 80.2 Å². The Balaban J connectivity index is 0.000000451. The zero-order chi connectivity index (χ0) is 29.7. The van der Waals surface area contributed by atoms with Crippen molar-refractivity contribution in [2.75, 3.05) is 52.9 Å². The van der Waals surface area contributed by atoms with Crippen LogP contribution >= 0.6 is 11.3 Å². The molecule has 11 heteroatoms. The lowest BCUT2D eigenvalue weighted by Crippen LogP contribution is -2.48. The average molecular weight is 600 g/mol. The maximum atomic E-state index is 10.6. The van der Waals surface area contributed by atoms with E-state index in [9.17, 15) is 13.2 Å². The molecule has 2 saturated heterocycles. The molecule has 0 aliphatic carbocycles. The van der Waals surface area contributed by atoms with Gasteiger partial charge in [-0.15, -0.1) is 11.3 Å². The molecule has 2 aromatic heterocycles. The Morgan fingerprint density at radius 2 is 1.76 bits per heavy atom. The number of hydrogen-bond acceptors (Lipinski definition) is 6. The molecule has 4 heterocycles. The van der Waals surface area contributed by atoms with E-state index in [1.807, 2.05) is 12.1 Å². The lowest BCUT2D eigenvalue weighted by Gasteiger charge is -2.38. The van der Waals surface area contributed by atoms with Crippen molar-refractivity contribution in [1.82, 2.24) is 24.7 Å². The van der Waals surface area contributed by atoms with Crippen molar-refractivity contribution in [1.29, 1.82) is 0 Å². The molecule has 0 radical (unpaired) electrons. The first-order valence-electron chi connectivity index (χ1n) is 14.2. The molecule has 7 nitrogen and oxygen atoms in total. The first-order chi connectivity index (χ1) is 20.1. The van der Waals surface area contributed by atoms with Gasteiger partial charge in [-0.3, -0.25) is 4.90 Å². The number of nitrogens with one attached hydrogen (secondary N) is 1. The van der Waals surface area contributed by atoms with Gasteiger partial charge >= 0.3 is 12.1 Å². The predicted molar refractivity (Wildman–Crippen MR) is 160 cm³/mol. The maximum Gasteiger partial charge on any atom is 0.490 e. The van der Waals surface area contributed by atoms with E-state index in [2.05, 4.69) is 74.6 Å². The number of rotatable bonds is 6. The molecule has 0 bridgehead atoms. The topological polar surface area (TPSA) is 75.7 Å². The molecule has 2 N–H and O–H groups in total. The number of aromatic nitrogens is 2. The Bertz CT molecular complexity index is 1450. The highest BCUT2D eigenvalue weighted by molar-refractivity contribution is 7.13. The predicted octanol–water partition coefficient (Wildman–Crippen LogP) is 6.05. The number of nitrogens with zero attached hydrogens (tertiary/aromatic N) is 4. The smallest absolute Gasteiger partial charge is 0.475 e. The van der Waals surface area contributed by atoms with Crippen molar-refractivity contribution >= 4 is 28.3 Å². The van der Waals surface area contributed by atoms with Gasteiger partial charge in [0.05, 0.1) is 15.9 Å². The molecule has 2 aliphatic heterocycles. The van der Waals surface area contributed by atoms with Crippen LogP contribution in [-0.4, -0.2) is 94.8 Å². The van der Waals surface area contributed by atoms with Gasteiger partial charge < -0.3 is 19.9 Å². The Kier molecular flexibility index (Phi) is 9.62. The number of para-hydroxylation sites is 2. The maximum absolute atomic E-state index is 10.6. The summed E-state index contributed by atoms with van der Waals surface area (Å²) in [5.41, 5.74) is 6.08. The number of benzene rings is 2. The van der Waals surface area contributed by atoms with Crippen molar-refractivity contribution in [3.05, 3.63) is 65.5 Å². The standard InChI is InChI=1S/C29H35N5S.C2HF3O2/c1-32-11-5-7-23(18-32)20-34-14-12-33(13-15-34)19-22-6-4-8-24(16-22)25-17-28(35-21-25)29-30-26-9-2-3-10-27(26)31-29;3-2(4,5)1(6)7/h2-4,6,8-10,16-17,21,23H,5,7,11-15,18-20H2,1H3,(H,30,31);(H,6,7). The van der Waals surface area contributed by atoms with Crippen LogP contribution in [0.4, 0.5) is 13.2 Å². The highest BCUT2D eigenvalue weighted by Gasteiger charge is 2.38. The molecular weight excluding hydrogens is 563 g/mol. The number of aromatic amines is 1. The second kappa shape index (κ2) is 13.4. The average Bonchev–Trinajstić information content (AvgIpc) is 3.62. The van der Waals surface area contributed by atoms with Gasteiger partial charge in [0, 0.05) is 45.8 Å². The fourth-order valence-corrected chi connectivity index (χ4v) is 6.57.